The number of phenols is 2. The van der Waals surface area contributed by atoms with Gasteiger partial charge in [0.2, 0.25) is 0 Å². The van der Waals surface area contributed by atoms with Crippen LogP contribution in [-0.4, -0.2) is 17.3 Å². The van der Waals surface area contributed by atoms with E-state index in [0.29, 0.717) is 5.69 Å². The summed E-state index contributed by atoms with van der Waals surface area (Å²) >= 11 is 0. The predicted molar refractivity (Wildman–Crippen MR) is 69.0 cm³/mol. The lowest BCUT2D eigenvalue weighted by atomic mass is 10.1. The van der Waals surface area contributed by atoms with Crippen molar-refractivity contribution in [2.45, 2.75) is 0 Å². The summed E-state index contributed by atoms with van der Waals surface area (Å²) in [6.07, 6.45) is 0. The average molecular weight is 240 g/mol. The number of nitrogens with zero attached hydrogens (tertiary/aromatic N) is 2. The van der Waals surface area contributed by atoms with E-state index in [0.717, 1.165) is 5.69 Å². The normalized spacial score (nSPS) is 9.78. The van der Waals surface area contributed by atoms with Crippen LogP contribution in [0.4, 0.5) is 11.4 Å². The fraction of sp³-hybridized carbons (Fsp3) is 0.0714. The topological polar surface area (TPSA) is 67.5 Å². The SMILES string of the molecule is CN(c1ccccc1)c1ccc(O)c(O)c1C#N. The fourth-order valence-electron chi connectivity index (χ4n) is 1.75. The Balaban J connectivity index is 2.53. The molecule has 4 nitrogen and oxygen atoms in total. The van der Waals surface area contributed by atoms with Gasteiger partial charge < -0.3 is 15.1 Å². The number of hydrogen-bond donors (Lipinski definition) is 2. The Kier molecular flexibility index (Phi) is 3.07. The molecule has 0 bridgehead atoms. The number of hydrogen-bond acceptors (Lipinski definition) is 4. The second-order valence-electron chi connectivity index (χ2n) is 3.83. The van der Waals surface area contributed by atoms with Gasteiger partial charge in [0, 0.05) is 12.7 Å². The van der Waals surface area contributed by atoms with Crippen LogP contribution in [0.2, 0.25) is 0 Å². The van der Waals surface area contributed by atoms with Crippen molar-refractivity contribution in [2.24, 2.45) is 0 Å². The molecule has 0 aliphatic rings. The summed E-state index contributed by atoms with van der Waals surface area (Å²) < 4.78 is 0. The van der Waals surface area contributed by atoms with Gasteiger partial charge in [-0.05, 0) is 24.3 Å². The number of phenolic OH excluding ortho intramolecular Hbond substituents is 2. The van der Waals surface area contributed by atoms with Gasteiger partial charge in [-0.25, -0.2) is 0 Å². The third kappa shape index (κ3) is 1.94. The van der Waals surface area contributed by atoms with Crippen molar-refractivity contribution in [1.29, 1.82) is 5.26 Å². The van der Waals surface area contributed by atoms with Crippen LogP contribution in [0.1, 0.15) is 5.56 Å². The van der Waals surface area contributed by atoms with Crippen LogP contribution >= 0.6 is 0 Å². The van der Waals surface area contributed by atoms with Gasteiger partial charge in [-0.15, -0.1) is 0 Å². The molecule has 0 saturated carbocycles. The Hall–Kier alpha value is -2.67. The van der Waals surface area contributed by atoms with Gasteiger partial charge in [0.25, 0.3) is 0 Å². The lowest BCUT2D eigenvalue weighted by Crippen LogP contribution is -2.10. The van der Waals surface area contributed by atoms with Crippen LogP contribution in [0.15, 0.2) is 42.5 Å². The lowest BCUT2D eigenvalue weighted by Gasteiger charge is -2.21. The molecule has 2 aromatic carbocycles. The first-order valence-corrected chi connectivity index (χ1v) is 5.39. The largest absolute Gasteiger partial charge is 0.504 e. The van der Waals surface area contributed by atoms with Crippen molar-refractivity contribution in [2.75, 3.05) is 11.9 Å². The van der Waals surface area contributed by atoms with Crippen LogP contribution in [-0.2, 0) is 0 Å². The number of nitriles is 1. The zero-order valence-corrected chi connectivity index (χ0v) is 9.83. The summed E-state index contributed by atoms with van der Waals surface area (Å²) in [7, 11) is 1.79. The van der Waals surface area contributed by atoms with Crippen LogP contribution in [0.3, 0.4) is 0 Å². The highest BCUT2D eigenvalue weighted by Crippen LogP contribution is 2.37. The molecule has 0 heterocycles. The molecule has 0 spiro atoms. The van der Waals surface area contributed by atoms with Gasteiger partial charge >= 0.3 is 0 Å². The molecule has 0 amide bonds. The lowest BCUT2D eigenvalue weighted by molar-refractivity contribution is 0.403. The molecule has 90 valence electrons. The van der Waals surface area contributed by atoms with Gasteiger partial charge in [-0.3, -0.25) is 0 Å². The van der Waals surface area contributed by atoms with Crippen molar-refractivity contribution in [3.05, 3.63) is 48.0 Å². The maximum atomic E-state index is 9.68. The highest BCUT2D eigenvalue weighted by atomic mass is 16.3. The first-order valence-electron chi connectivity index (χ1n) is 5.39. The zero-order valence-electron chi connectivity index (χ0n) is 9.83. The number of rotatable bonds is 2. The van der Waals surface area contributed by atoms with Crippen molar-refractivity contribution >= 4 is 11.4 Å². The number of para-hydroxylation sites is 1. The van der Waals surface area contributed by atoms with Crippen molar-refractivity contribution in [1.82, 2.24) is 0 Å². The fourth-order valence-corrected chi connectivity index (χ4v) is 1.75. The Morgan fingerprint density at radius 2 is 1.72 bits per heavy atom. The first-order chi connectivity index (χ1) is 8.65. The van der Waals surface area contributed by atoms with E-state index in [1.165, 1.54) is 6.07 Å². The molecule has 0 aliphatic carbocycles. The molecule has 2 rings (SSSR count). The molecule has 0 radical (unpaired) electrons. The minimum atomic E-state index is -0.391. The van der Waals surface area contributed by atoms with Crippen molar-refractivity contribution < 1.29 is 10.2 Å². The molecule has 18 heavy (non-hydrogen) atoms. The van der Waals surface area contributed by atoms with Crippen LogP contribution in [0, 0.1) is 11.3 Å². The molecule has 2 aromatic rings. The van der Waals surface area contributed by atoms with Gasteiger partial charge in [0.15, 0.2) is 11.5 Å². The van der Waals surface area contributed by atoms with E-state index in [-0.39, 0.29) is 11.3 Å². The molecule has 0 aliphatic heterocycles. The molecular formula is C14H12N2O2. The Morgan fingerprint density at radius 3 is 2.33 bits per heavy atom. The third-order valence-corrected chi connectivity index (χ3v) is 2.75. The van der Waals surface area contributed by atoms with E-state index in [1.807, 2.05) is 36.4 Å². The monoisotopic (exact) mass is 240 g/mol. The minimum absolute atomic E-state index is 0.0568. The second-order valence-corrected chi connectivity index (χ2v) is 3.83. The molecule has 4 heteroatoms. The number of benzene rings is 2. The summed E-state index contributed by atoms with van der Waals surface area (Å²) in [6.45, 7) is 0. The summed E-state index contributed by atoms with van der Waals surface area (Å²) in [5, 5.41) is 28.1. The Morgan fingerprint density at radius 1 is 1.06 bits per heavy atom. The molecule has 0 fully saturated rings. The van der Waals surface area contributed by atoms with E-state index < -0.39 is 5.75 Å². The number of anilines is 2. The van der Waals surface area contributed by atoms with E-state index in [4.69, 9.17) is 5.26 Å². The molecule has 0 saturated heterocycles. The molecule has 2 N–H and O–H groups in total. The standard InChI is InChI=1S/C14H12N2O2/c1-16(10-5-3-2-4-6-10)12-7-8-13(17)14(18)11(12)9-15/h2-8,17-18H,1H3. The Labute approximate surface area is 105 Å². The number of aromatic hydroxyl groups is 2. The summed E-state index contributed by atoms with van der Waals surface area (Å²) in [6, 6.07) is 14.3. The van der Waals surface area contributed by atoms with Crippen molar-refractivity contribution in [3.8, 4) is 17.6 Å². The van der Waals surface area contributed by atoms with Gasteiger partial charge in [-0.1, -0.05) is 18.2 Å². The average Bonchev–Trinajstić information content (AvgIpc) is 2.42. The summed E-state index contributed by atoms with van der Waals surface area (Å²) in [5.41, 5.74) is 1.49. The van der Waals surface area contributed by atoms with Gasteiger partial charge in [0.05, 0.1) is 5.69 Å². The predicted octanol–water partition coefficient (Wildman–Crippen LogP) is 2.74. The van der Waals surface area contributed by atoms with E-state index in [1.54, 1.807) is 18.0 Å². The van der Waals surface area contributed by atoms with Gasteiger partial charge in [-0.2, -0.15) is 5.26 Å². The highest BCUT2D eigenvalue weighted by Gasteiger charge is 2.15. The van der Waals surface area contributed by atoms with E-state index in [2.05, 4.69) is 0 Å². The zero-order chi connectivity index (χ0) is 13.1. The Bertz CT molecular complexity index is 603. The quantitative estimate of drug-likeness (QED) is 0.792. The second kappa shape index (κ2) is 4.68. The highest BCUT2D eigenvalue weighted by molar-refractivity contribution is 5.73. The molecular weight excluding hydrogens is 228 g/mol. The maximum absolute atomic E-state index is 9.68. The van der Waals surface area contributed by atoms with E-state index >= 15 is 0 Å². The van der Waals surface area contributed by atoms with Crippen LogP contribution in [0.5, 0.6) is 11.5 Å². The smallest absolute Gasteiger partial charge is 0.177 e. The van der Waals surface area contributed by atoms with Crippen LogP contribution in [0.25, 0.3) is 0 Å². The summed E-state index contributed by atoms with van der Waals surface area (Å²) in [4.78, 5) is 1.78. The first kappa shape index (κ1) is 11.8. The van der Waals surface area contributed by atoms with Crippen LogP contribution < -0.4 is 4.90 Å². The minimum Gasteiger partial charge on any atom is -0.504 e. The summed E-state index contributed by atoms with van der Waals surface area (Å²) in [5.74, 6) is -0.686. The molecule has 0 unspecified atom stereocenters. The van der Waals surface area contributed by atoms with E-state index in [9.17, 15) is 10.2 Å². The third-order valence-electron chi connectivity index (χ3n) is 2.75. The van der Waals surface area contributed by atoms with Gasteiger partial charge in [0.1, 0.15) is 11.6 Å². The maximum Gasteiger partial charge on any atom is 0.177 e. The van der Waals surface area contributed by atoms with Crippen molar-refractivity contribution in [3.63, 3.8) is 0 Å². The molecule has 0 aromatic heterocycles. The molecule has 0 atom stereocenters.